The molecule has 1 fully saturated rings. The highest BCUT2D eigenvalue weighted by Crippen LogP contribution is 2.31. The van der Waals surface area contributed by atoms with Gasteiger partial charge in [0.25, 0.3) is 5.89 Å². The van der Waals surface area contributed by atoms with Crippen molar-refractivity contribution >= 4 is 0 Å². The summed E-state index contributed by atoms with van der Waals surface area (Å²) in [5, 5.41) is 6.82. The summed E-state index contributed by atoms with van der Waals surface area (Å²) in [4.78, 5) is 3.96. The normalized spacial score (nSPS) is 17.1. The van der Waals surface area contributed by atoms with Crippen molar-refractivity contribution in [2.45, 2.75) is 19.4 Å². The maximum Gasteiger partial charge on any atom is 0.314 e. The van der Waals surface area contributed by atoms with Gasteiger partial charge in [-0.2, -0.15) is 8.78 Å². The van der Waals surface area contributed by atoms with Gasteiger partial charge in [-0.05, 0) is 37.8 Å². The highest BCUT2D eigenvalue weighted by Gasteiger charge is 2.30. The first-order valence-electron chi connectivity index (χ1n) is 10.1. The minimum Gasteiger partial charge on any atom is -0.415 e. The number of rotatable bonds is 7. The van der Waals surface area contributed by atoms with E-state index in [-0.39, 0.29) is 29.7 Å². The fraction of sp³-hybridized carbons (Fsp3) is 0.304. The fourth-order valence-corrected chi connectivity index (χ4v) is 3.71. The number of benzene rings is 1. The van der Waals surface area contributed by atoms with Crippen LogP contribution in [-0.2, 0) is 6.54 Å². The van der Waals surface area contributed by atoms with Crippen LogP contribution in [0.3, 0.4) is 0 Å². The summed E-state index contributed by atoms with van der Waals surface area (Å²) in [5.74, 6) is -1.78. The summed E-state index contributed by atoms with van der Waals surface area (Å²) in [6.07, 6.45) is 4.03. The molecule has 1 aromatic carbocycles. The Balaban J connectivity index is 1.60. The average Bonchev–Trinajstić information content (AvgIpc) is 3.13. The predicted molar refractivity (Wildman–Crippen MR) is 111 cm³/mol. The Labute approximate surface area is 183 Å². The second-order valence-electron chi connectivity index (χ2n) is 7.84. The number of hydrogen-bond acceptors (Lipinski definition) is 5. The van der Waals surface area contributed by atoms with Crippen molar-refractivity contribution in [3.63, 3.8) is 0 Å². The lowest BCUT2D eigenvalue weighted by Gasteiger charge is -2.42. The molecule has 0 N–H and O–H groups in total. The maximum absolute atomic E-state index is 15.0. The summed E-state index contributed by atoms with van der Waals surface area (Å²) in [5.41, 5.74) is 1.92. The molecule has 1 aliphatic heterocycles. The van der Waals surface area contributed by atoms with Crippen LogP contribution >= 0.6 is 0 Å². The van der Waals surface area contributed by atoms with E-state index in [1.54, 1.807) is 6.08 Å². The van der Waals surface area contributed by atoms with Gasteiger partial charge < -0.3 is 14.2 Å². The van der Waals surface area contributed by atoms with Gasteiger partial charge >= 0.3 is 6.43 Å². The largest absolute Gasteiger partial charge is 0.415 e. The van der Waals surface area contributed by atoms with Crippen LogP contribution in [0.4, 0.5) is 17.6 Å². The van der Waals surface area contributed by atoms with Gasteiger partial charge in [-0.15, -0.1) is 10.2 Å². The Kier molecular flexibility index (Phi) is 6.27. The third-order valence-corrected chi connectivity index (χ3v) is 5.48. The van der Waals surface area contributed by atoms with E-state index < -0.39 is 18.1 Å². The summed E-state index contributed by atoms with van der Waals surface area (Å²) < 4.78 is 59.4. The number of hydrogen-bond donors (Lipinski definition) is 0. The van der Waals surface area contributed by atoms with Gasteiger partial charge in [0.1, 0.15) is 11.6 Å². The Bertz CT molecular complexity index is 1100. The lowest BCUT2D eigenvalue weighted by atomic mass is 9.95. The van der Waals surface area contributed by atoms with Crippen molar-refractivity contribution in [1.29, 1.82) is 0 Å². The van der Waals surface area contributed by atoms with Crippen molar-refractivity contribution in [1.82, 2.24) is 20.0 Å². The van der Waals surface area contributed by atoms with Crippen LogP contribution in [0.2, 0.25) is 0 Å². The summed E-state index contributed by atoms with van der Waals surface area (Å²) >= 11 is 0. The highest BCUT2D eigenvalue weighted by atomic mass is 19.3. The van der Waals surface area contributed by atoms with Crippen molar-refractivity contribution in [3.05, 3.63) is 83.6 Å². The molecule has 32 heavy (non-hydrogen) atoms. The molecule has 5 nitrogen and oxygen atoms in total. The van der Waals surface area contributed by atoms with Gasteiger partial charge in [0.15, 0.2) is 0 Å². The van der Waals surface area contributed by atoms with Crippen LogP contribution in [0.15, 0.2) is 70.7 Å². The molecule has 168 valence electrons. The number of alkyl halides is 2. The monoisotopic (exact) mass is 446 g/mol. The van der Waals surface area contributed by atoms with E-state index in [0.717, 1.165) is 24.9 Å². The smallest absolute Gasteiger partial charge is 0.314 e. The van der Waals surface area contributed by atoms with E-state index in [4.69, 9.17) is 4.42 Å². The molecule has 9 heteroatoms. The van der Waals surface area contributed by atoms with Crippen molar-refractivity contribution in [3.8, 4) is 11.5 Å². The van der Waals surface area contributed by atoms with Gasteiger partial charge in [0, 0.05) is 41.5 Å². The zero-order valence-corrected chi connectivity index (χ0v) is 17.4. The lowest BCUT2D eigenvalue weighted by Crippen LogP contribution is -2.47. The van der Waals surface area contributed by atoms with Gasteiger partial charge in [-0.3, -0.25) is 0 Å². The molecule has 0 bridgehead atoms. The van der Waals surface area contributed by atoms with Crippen LogP contribution in [-0.4, -0.2) is 40.1 Å². The minimum atomic E-state index is -2.90. The van der Waals surface area contributed by atoms with E-state index in [1.165, 1.54) is 24.3 Å². The van der Waals surface area contributed by atoms with E-state index in [0.29, 0.717) is 17.7 Å². The maximum atomic E-state index is 15.0. The van der Waals surface area contributed by atoms with Gasteiger partial charge in [-0.1, -0.05) is 24.8 Å². The van der Waals surface area contributed by atoms with Gasteiger partial charge in [-0.25, -0.2) is 8.78 Å². The molecule has 1 aliphatic carbocycles. The van der Waals surface area contributed by atoms with Crippen molar-refractivity contribution in [2.24, 2.45) is 5.92 Å². The molecule has 0 radical (unpaired) electrons. The first-order chi connectivity index (χ1) is 15.3. The van der Waals surface area contributed by atoms with Crippen LogP contribution in [0.25, 0.3) is 11.5 Å². The quantitative estimate of drug-likeness (QED) is 0.534. The molecular formula is C23H22F4N4O. The third kappa shape index (κ3) is 4.67. The number of allylic oxidation sites excluding steroid dienone is 5. The summed E-state index contributed by atoms with van der Waals surface area (Å²) in [6.45, 7) is 5.98. The van der Waals surface area contributed by atoms with Crippen LogP contribution < -0.4 is 0 Å². The molecule has 4 rings (SSSR count). The molecule has 2 heterocycles. The van der Waals surface area contributed by atoms with Crippen LogP contribution in [0.1, 0.15) is 24.3 Å². The first-order valence-corrected chi connectivity index (χ1v) is 10.1. The first kappa shape index (κ1) is 22.0. The highest BCUT2D eigenvalue weighted by molar-refractivity contribution is 5.53. The Hall–Kier alpha value is -3.20. The zero-order valence-electron chi connectivity index (χ0n) is 17.4. The minimum absolute atomic E-state index is 0.132. The standard InChI is InChI=1S/C23H22F4N4O/c1-14(17-11-30(2)12-17)31(19-6-4-3-5-18(24)10-19)13-16-8-7-15(9-20(16)25)22-28-29-23(32-22)21(26)27/h3,5-10,17,21H,1,4,11-13H2,2H3. The predicted octanol–water partition coefficient (Wildman–Crippen LogP) is 5.39. The Morgan fingerprint density at radius 1 is 1.28 bits per heavy atom. The third-order valence-electron chi connectivity index (χ3n) is 5.48. The Morgan fingerprint density at radius 3 is 2.72 bits per heavy atom. The van der Waals surface area contributed by atoms with E-state index in [9.17, 15) is 17.6 Å². The van der Waals surface area contributed by atoms with Crippen molar-refractivity contribution < 1.29 is 22.0 Å². The second kappa shape index (κ2) is 9.12. The Morgan fingerprint density at radius 2 is 2.06 bits per heavy atom. The molecule has 0 spiro atoms. The molecule has 0 amide bonds. The molecule has 0 saturated carbocycles. The molecule has 1 saturated heterocycles. The molecule has 1 aromatic heterocycles. The van der Waals surface area contributed by atoms with Gasteiger partial charge in [0.05, 0.1) is 6.54 Å². The summed E-state index contributed by atoms with van der Waals surface area (Å²) in [7, 11) is 2.00. The number of likely N-dealkylation sites (tertiary alicyclic amines) is 1. The lowest BCUT2D eigenvalue weighted by molar-refractivity contribution is 0.116. The second-order valence-corrected chi connectivity index (χ2v) is 7.84. The fourth-order valence-electron chi connectivity index (χ4n) is 3.71. The zero-order chi connectivity index (χ0) is 22.8. The number of halogens is 4. The number of aromatic nitrogens is 2. The molecule has 2 aliphatic rings. The molecule has 0 atom stereocenters. The SMILES string of the molecule is C=C(C1CN(C)C1)N(Cc1ccc(-c2nnc(C(F)F)o2)cc1F)C1=CCC=CC(F)=C1. The van der Waals surface area contributed by atoms with Crippen LogP contribution in [0, 0.1) is 11.7 Å². The topological polar surface area (TPSA) is 45.4 Å². The van der Waals surface area contributed by atoms with Crippen molar-refractivity contribution in [2.75, 3.05) is 20.1 Å². The molecular weight excluding hydrogens is 424 g/mol. The number of nitrogens with zero attached hydrogens (tertiary/aromatic N) is 4. The van der Waals surface area contributed by atoms with Gasteiger partial charge in [0.2, 0.25) is 5.89 Å². The van der Waals surface area contributed by atoms with E-state index in [2.05, 4.69) is 21.7 Å². The molecule has 0 unspecified atom stereocenters. The average molecular weight is 446 g/mol. The van der Waals surface area contributed by atoms with E-state index in [1.807, 2.05) is 18.0 Å². The molecule has 2 aromatic rings. The van der Waals surface area contributed by atoms with Crippen LogP contribution in [0.5, 0.6) is 0 Å². The summed E-state index contributed by atoms with van der Waals surface area (Å²) in [6, 6.07) is 4.22. The van der Waals surface area contributed by atoms with E-state index >= 15 is 0 Å².